The Morgan fingerprint density at radius 3 is 2.68 bits per heavy atom. The minimum Gasteiger partial charge on any atom is -0.481 e. The summed E-state index contributed by atoms with van der Waals surface area (Å²) in [5.74, 6) is -1.12. The summed E-state index contributed by atoms with van der Waals surface area (Å²) in [7, 11) is 0. The summed E-state index contributed by atoms with van der Waals surface area (Å²) in [6.45, 7) is 0.984. The molecule has 0 aliphatic carbocycles. The number of hydrogen-bond acceptors (Lipinski definition) is 4. The first-order chi connectivity index (χ1) is 10.6. The second kappa shape index (κ2) is 7.92. The van der Waals surface area contributed by atoms with Crippen LogP contribution in [0.2, 0.25) is 0 Å². The molecular formula is C15H18N4O3. The Morgan fingerprint density at radius 2 is 1.95 bits per heavy atom. The number of rotatable bonds is 8. The molecule has 2 aromatic rings. The number of carboxylic acid groups (broad SMARTS) is 1. The van der Waals surface area contributed by atoms with Gasteiger partial charge in [0.2, 0.25) is 0 Å². The number of nitrogens with one attached hydrogen (secondary N) is 1. The van der Waals surface area contributed by atoms with Crippen molar-refractivity contribution < 1.29 is 14.7 Å². The molecule has 0 atom stereocenters. The first-order valence-electron chi connectivity index (χ1n) is 7.09. The maximum atomic E-state index is 11.9. The summed E-state index contributed by atoms with van der Waals surface area (Å²) in [4.78, 5) is 22.2. The van der Waals surface area contributed by atoms with E-state index in [9.17, 15) is 9.59 Å². The van der Waals surface area contributed by atoms with Gasteiger partial charge in [0.15, 0.2) is 5.69 Å². The molecular weight excluding hydrogens is 284 g/mol. The van der Waals surface area contributed by atoms with Gasteiger partial charge in [-0.25, -0.2) is 4.68 Å². The number of aromatic nitrogens is 3. The van der Waals surface area contributed by atoms with E-state index in [-0.39, 0.29) is 18.0 Å². The number of nitrogens with zero attached hydrogens (tertiary/aromatic N) is 3. The molecule has 1 aromatic carbocycles. The monoisotopic (exact) mass is 302 g/mol. The molecule has 0 unspecified atom stereocenters. The van der Waals surface area contributed by atoms with Crippen molar-refractivity contribution in [3.63, 3.8) is 0 Å². The van der Waals surface area contributed by atoms with Crippen LogP contribution in [0, 0.1) is 0 Å². The predicted molar refractivity (Wildman–Crippen MR) is 79.4 cm³/mol. The zero-order valence-corrected chi connectivity index (χ0v) is 12.1. The average molecular weight is 302 g/mol. The third-order valence-corrected chi connectivity index (χ3v) is 3.06. The Labute approximate surface area is 128 Å². The topological polar surface area (TPSA) is 97.1 Å². The molecule has 0 saturated heterocycles. The number of aliphatic carboxylic acids is 1. The first-order valence-corrected chi connectivity index (χ1v) is 7.09. The fourth-order valence-corrected chi connectivity index (χ4v) is 1.94. The number of amides is 1. The van der Waals surface area contributed by atoms with E-state index in [2.05, 4.69) is 15.6 Å². The minimum atomic E-state index is -0.824. The van der Waals surface area contributed by atoms with Gasteiger partial charge in [0.1, 0.15) is 0 Å². The Hall–Kier alpha value is -2.70. The number of carbonyl (C=O) groups is 2. The van der Waals surface area contributed by atoms with E-state index in [1.807, 2.05) is 30.3 Å². The van der Waals surface area contributed by atoms with Gasteiger partial charge in [-0.1, -0.05) is 35.5 Å². The van der Waals surface area contributed by atoms with E-state index in [1.165, 1.54) is 0 Å². The fourth-order valence-electron chi connectivity index (χ4n) is 1.94. The quantitative estimate of drug-likeness (QED) is 0.717. The summed E-state index contributed by atoms with van der Waals surface area (Å²) in [6.07, 6.45) is 2.87. The highest BCUT2D eigenvalue weighted by Crippen LogP contribution is 2.02. The van der Waals surface area contributed by atoms with E-state index < -0.39 is 5.97 Å². The molecule has 1 amide bonds. The van der Waals surface area contributed by atoms with Crippen LogP contribution in [-0.2, 0) is 11.3 Å². The molecule has 2 rings (SSSR count). The van der Waals surface area contributed by atoms with Crippen LogP contribution in [0.3, 0.4) is 0 Å². The lowest BCUT2D eigenvalue weighted by molar-refractivity contribution is -0.137. The van der Waals surface area contributed by atoms with Crippen LogP contribution in [0.5, 0.6) is 0 Å². The highest BCUT2D eigenvalue weighted by Gasteiger charge is 2.10. The second-order valence-electron chi connectivity index (χ2n) is 4.89. The van der Waals surface area contributed by atoms with Gasteiger partial charge in [0, 0.05) is 13.0 Å². The van der Waals surface area contributed by atoms with Crippen LogP contribution in [0.15, 0.2) is 36.5 Å². The first kappa shape index (κ1) is 15.7. The van der Waals surface area contributed by atoms with Crippen molar-refractivity contribution in [1.29, 1.82) is 0 Å². The summed E-state index contributed by atoms with van der Waals surface area (Å²) < 4.78 is 1.61. The van der Waals surface area contributed by atoms with E-state index in [0.29, 0.717) is 25.9 Å². The number of unbranched alkanes of at least 4 members (excludes halogenated alkanes) is 1. The molecule has 0 fully saturated rings. The number of hydrogen-bond donors (Lipinski definition) is 2. The molecule has 0 spiro atoms. The van der Waals surface area contributed by atoms with Crippen LogP contribution in [-0.4, -0.2) is 38.5 Å². The van der Waals surface area contributed by atoms with Crippen LogP contribution < -0.4 is 5.32 Å². The van der Waals surface area contributed by atoms with Gasteiger partial charge in [0.25, 0.3) is 5.91 Å². The maximum Gasteiger partial charge on any atom is 0.303 e. The molecule has 0 radical (unpaired) electrons. The van der Waals surface area contributed by atoms with Gasteiger partial charge in [-0.15, -0.1) is 5.10 Å². The Bertz CT molecular complexity index is 625. The van der Waals surface area contributed by atoms with Crippen molar-refractivity contribution in [2.45, 2.75) is 25.8 Å². The average Bonchev–Trinajstić information content (AvgIpc) is 2.96. The summed E-state index contributed by atoms with van der Waals surface area (Å²) in [5, 5.41) is 19.0. The van der Waals surface area contributed by atoms with Crippen LogP contribution in [0.25, 0.3) is 0 Å². The van der Waals surface area contributed by atoms with Gasteiger partial charge in [-0.05, 0) is 18.4 Å². The highest BCUT2D eigenvalue weighted by atomic mass is 16.4. The molecule has 0 aliphatic heterocycles. The van der Waals surface area contributed by atoms with E-state index in [1.54, 1.807) is 10.9 Å². The van der Waals surface area contributed by atoms with E-state index in [4.69, 9.17) is 5.11 Å². The Kier molecular flexibility index (Phi) is 5.65. The maximum absolute atomic E-state index is 11.9. The normalized spacial score (nSPS) is 10.4. The molecule has 22 heavy (non-hydrogen) atoms. The molecule has 0 saturated carbocycles. The number of carboxylic acids is 1. The van der Waals surface area contributed by atoms with Crippen LogP contribution in [0.1, 0.15) is 35.3 Å². The lowest BCUT2D eigenvalue weighted by Gasteiger charge is -2.01. The standard InChI is InChI=1S/C15H18N4O3/c20-14(21)8-4-5-9-16-15(22)13-11-19(18-17-13)10-12-6-2-1-3-7-12/h1-3,6-7,11H,4-5,8-10H2,(H,16,22)(H,20,21). The minimum absolute atomic E-state index is 0.114. The smallest absolute Gasteiger partial charge is 0.303 e. The molecule has 1 aromatic heterocycles. The van der Waals surface area contributed by atoms with Crippen molar-refractivity contribution in [1.82, 2.24) is 20.3 Å². The predicted octanol–water partition coefficient (Wildman–Crippen LogP) is 1.31. The molecule has 2 N–H and O–H groups in total. The van der Waals surface area contributed by atoms with Crippen LogP contribution in [0.4, 0.5) is 0 Å². The van der Waals surface area contributed by atoms with Crippen molar-refractivity contribution in [3.8, 4) is 0 Å². The fraction of sp³-hybridized carbons (Fsp3) is 0.333. The van der Waals surface area contributed by atoms with E-state index >= 15 is 0 Å². The molecule has 116 valence electrons. The molecule has 7 heteroatoms. The Balaban J connectivity index is 1.78. The van der Waals surface area contributed by atoms with Crippen molar-refractivity contribution in [2.24, 2.45) is 0 Å². The molecule has 0 bridgehead atoms. The van der Waals surface area contributed by atoms with Crippen LogP contribution >= 0.6 is 0 Å². The third kappa shape index (κ3) is 5.01. The summed E-state index contributed by atoms with van der Waals surface area (Å²) in [5.41, 5.74) is 1.34. The zero-order valence-electron chi connectivity index (χ0n) is 12.1. The highest BCUT2D eigenvalue weighted by molar-refractivity contribution is 5.91. The van der Waals surface area contributed by atoms with Crippen molar-refractivity contribution in [3.05, 3.63) is 47.8 Å². The van der Waals surface area contributed by atoms with E-state index in [0.717, 1.165) is 5.56 Å². The summed E-state index contributed by atoms with van der Waals surface area (Å²) >= 11 is 0. The van der Waals surface area contributed by atoms with Crippen molar-refractivity contribution in [2.75, 3.05) is 6.54 Å². The largest absolute Gasteiger partial charge is 0.481 e. The van der Waals surface area contributed by atoms with Crippen molar-refractivity contribution >= 4 is 11.9 Å². The number of carbonyl (C=O) groups excluding carboxylic acids is 1. The lowest BCUT2D eigenvalue weighted by Crippen LogP contribution is -2.24. The zero-order chi connectivity index (χ0) is 15.8. The van der Waals surface area contributed by atoms with Gasteiger partial charge < -0.3 is 10.4 Å². The number of benzene rings is 1. The Morgan fingerprint density at radius 1 is 1.18 bits per heavy atom. The second-order valence-corrected chi connectivity index (χ2v) is 4.89. The third-order valence-electron chi connectivity index (χ3n) is 3.06. The van der Waals surface area contributed by atoms with Gasteiger partial charge in [-0.2, -0.15) is 0 Å². The van der Waals surface area contributed by atoms with Gasteiger partial charge in [-0.3, -0.25) is 9.59 Å². The SMILES string of the molecule is O=C(O)CCCCNC(=O)c1cn(Cc2ccccc2)nn1. The molecule has 1 heterocycles. The van der Waals surface area contributed by atoms with Gasteiger partial charge >= 0.3 is 5.97 Å². The molecule has 0 aliphatic rings. The van der Waals surface area contributed by atoms with Gasteiger partial charge in [0.05, 0.1) is 12.7 Å². The molecule has 7 nitrogen and oxygen atoms in total. The summed E-state index contributed by atoms with van der Waals surface area (Å²) in [6, 6.07) is 9.77. The lowest BCUT2D eigenvalue weighted by atomic mass is 10.2.